The second-order valence-corrected chi connectivity index (χ2v) is 6.06. The maximum absolute atomic E-state index is 12.3. The average Bonchev–Trinajstić information content (AvgIpc) is 3.07. The Bertz CT molecular complexity index is 552. The zero-order valence-corrected chi connectivity index (χ0v) is 13.8. The van der Waals surface area contributed by atoms with Crippen LogP contribution in [0.1, 0.15) is 25.0 Å². The van der Waals surface area contributed by atoms with Crippen LogP contribution in [0.5, 0.6) is 5.88 Å². The molecule has 1 aromatic rings. The number of carbonyl (C=O) groups is 1. The fourth-order valence-electron chi connectivity index (χ4n) is 3.06. The van der Waals surface area contributed by atoms with Gasteiger partial charge in [-0.1, -0.05) is 0 Å². The summed E-state index contributed by atoms with van der Waals surface area (Å²) in [5, 5.41) is 0. The smallest absolute Gasteiger partial charge is 0.228 e. The molecule has 0 radical (unpaired) electrons. The summed E-state index contributed by atoms with van der Waals surface area (Å²) < 4.78 is 10.8. The average molecular weight is 320 g/mol. The minimum atomic E-state index is 0.116. The number of ether oxygens (including phenoxy) is 2. The lowest BCUT2D eigenvalue weighted by Gasteiger charge is -2.35. The molecule has 3 rings (SSSR count). The van der Waals surface area contributed by atoms with Gasteiger partial charge in [0.25, 0.3) is 0 Å². The molecule has 2 aliphatic heterocycles. The number of carbonyl (C=O) groups excluding carboxylic acids is 1. The summed E-state index contributed by atoms with van der Waals surface area (Å²) in [6, 6.07) is 1.81. The first kappa shape index (κ1) is 16.0. The molecule has 7 nitrogen and oxygen atoms in total. The number of hydrogen-bond acceptors (Lipinski definition) is 6. The Morgan fingerprint density at radius 3 is 2.78 bits per heavy atom. The number of piperazine rings is 1. The van der Waals surface area contributed by atoms with Crippen molar-refractivity contribution >= 4 is 11.9 Å². The molecule has 0 bridgehead atoms. The van der Waals surface area contributed by atoms with Crippen LogP contribution in [0.25, 0.3) is 0 Å². The first-order valence-corrected chi connectivity index (χ1v) is 8.19. The van der Waals surface area contributed by atoms with E-state index in [0.29, 0.717) is 31.3 Å². The predicted molar refractivity (Wildman–Crippen MR) is 85.7 cm³/mol. The van der Waals surface area contributed by atoms with E-state index in [-0.39, 0.29) is 12.0 Å². The first-order chi connectivity index (χ1) is 11.2. The molecule has 0 aromatic carbocycles. The van der Waals surface area contributed by atoms with Crippen molar-refractivity contribution in [2.75, 3.05) is 44.8 Å². The van der Waals surface area contributed by atoms with Gasteiger partial charge in [-0.05, 0) is 19.8 Å². The van der Waals surface area contributed by atoms with Gasteiger partial charge in [-0.3, -0.25) is 4.79 Å². The van der Waals surface area contributed by atoms with E-state index in [1.165, 1.54) is 0 Å². The minimum absolute atomic E-state index is 0.116. The van der Waals surface area contributed by atoms with E-state index in [2.05, 4.69) is 14.9 Å². The second-order valence-electron chi connectivity index (χ2n) is 6.06. The molecule has 126 valence electrons. The van der Waals surface area contributed by atoms with Crippen molar-refractivity contribution in [1.29, 1.82) is 0 Å². The quantitative estimate of drug-likeness (QED) is 0.825. The fraction of sp³-hybridized carbons (Fsp3) is 0.688. The Labute approximate surface area is 136 Å². The van der Waals surface area contributed by atoms with Crippen molar-refractivity contribution in [2.24, 2.45) is 0 Å². The summed E-state index contributed by atoms with van der Waals surface area (Å²) in [4.78, 5) is 25.2. The maximum Gasteiger partial charge on any atom is 0.228 e. The fourth-order valence-corrected chi connectivity index (χ4v) is 3.06. The maximum atomic E-state index is 12.3. The molecule has 1 aromatic heterocycles. The molecule has 7 heteroatoms. The van der Waals surface area contributed by atoms with E-state index >= 15 is 0 Å². The predicted octanol–water partition coefficient (Wildman–Crippen LogP) is 1.01. The highest BCUT2D eigenvalue weighted by molar-refractivity contribution is 5.77. The molecular formula is C16H24N4O3. The summed E-state index contributed by atoms with van der Waals surface area (Å²) >= 11 is 0. The number of hydrogen-bond donors (Lipinski definition) is 0. The van der Waals surface area contributed by atoms with Crippen molar-refractivity contribution in [3.8, 4) is 5.88 Å². The largest absolute Gasteiger partial charge is 0.481 e. The zero-order chi connectivity index (χ0) is 16.2. The van der Waals surface area contributed by atoms with Gasteiger partial charge in [0.2, 0.25) is 17.7 Å². The molecule has 1 amide bonds. The summed E-state index contributed by atoms with van der Waals surface area (Å²) in [6.07, 6.45) is 2.69. The highest BCUT2D eigenvalue weighted by atomic mass is 16.5. The Morgan fingerprint density at radius 1 is 1.35 bits per heavy atom. The Hall–Kier alpha value is -1.89. The molecule has 0 saturated carbocycles. The molecule has 2 saturated heterocycles. The van der Waals surface area contributed by atoms with Crippen molar-refractivity contribution < 1.29 is 14.3 Å². The van der Waals surface area contributed by atoms with Gasteiger partial charge in [0.05, 0.1) is 19.6 Å². The molecule has 2 fully saturated rings. The lowest BCUT2D eigenvalue weighted by Crippen LogP contribution is -2.49. The SMILES string of the molecule is COc1cc(C)nc(N2CCN(C(=O)C[C@H]3CCCO3)CC2)n1. The van der Waals surface area contributed by atoms with Crippen LogP contribution in [0.4, 0.5) is 5.95 Å². The van der Waals surface area contributed by atoms with Gasteiger partial charge in [0.1, 0.15) is 0 Å². The number of methoxy groups -OCH3 is 1. The lowest BCUT2D eigenvalue weighted by atomic mass is 10.1. The summed E-state index contributed by atoms with van der Waals surface area (Å²) in [6.45, 7) is 5.59. The Balaban J connectivity index is 1.55. The highest BCUT2D eigenvalue weighted by Gasteiger charge is 2.26. The van der Waals surface area contributed by atoms with Gasteiger partial charge < -0.3 is 19.3 Å². The standard InChI is InChI=1S/C16H24N4O3/c1-12-10-14(22-2)18-16(17-12)20-7-5-19(6-8-20)15(21)11-13-4-3-9-23-13/h10,13H,3-9,11H2,1-2H3/t13-/m1/s1. The third-order valence-electron chi connectivity index (χ3n) is 4.37. The normalized spacial score (nSPS) is 21.6. The molecule has 0 N–H and O–H groups in total. The van der Waals surface area contributed by atoms with E-state index in [1.54, 1.807) is 7.11 Å². The number of aryl methyl sites for hydroxylation is 1. The van der Waals surface area contributed by atoms with Crippen LogP contribution in [0.3, 0.4) is 0 Å². The molecule has 1 atom stereocenters. The number of amides is 1. The Kier molecular flexibility index (Phi) is 4.95. The van der Waals surface area contributed by atoms with E-state index in [9.17, 15) is 4.79 Å². The second kappa shape index (κ2) is 7.12. The van der Waals surface area contributed by atoms with E-state index < -0.39 is 0 Å². The summed E-state index contributed by atoms with van der Waals surface area (Å²) in [5.41, 5.74) is 0.878. The van der Waals surface area contributed by atoms with E-state index in [0.717, 1.165) is 38.2 Å². The van der Waals surface area contributed by atoms with Gasteiger partial charge in [-0.25, -0.2) is 4.98 Å². The summed E-state index contributed by atoms with van der Waals surface area (Å²) in [7, 11) is 1.60. The van der Waals surface area contributed by atoms with Crippen molar-refractivity contribution in [3.05, 3.63) is 11.8 Å². The van der Waals surface area contributed by atoms with E-state index in [1.807, 2.05) is 17.9 Å². The van der Waals surface area contributed by atoms with Crippen LogP contribution < -0.4 is 9.64 Å². The van der Waals surface area contributed by atoms with Crippen molar-refractivity contribution in [1.82, 2.24) is 14.9 Å². The number of nitrogens with zero attached hydrogens (tertiary/aromatic N) is 4. The van der Waals surface area contributed by atoms with Gasteiger partial charge in [0, 0.05) is 44.5 Å². The monoisotopic (exact) mass is 320 g/mol. The molecule has 23 heavy (non-hydrogen) atoms. The topological polar surface area (TPSA) is 67.8 Å². The third kappa shape index (κ3) is 3.90. The lowest BCUT2D eigenvalue weighted by molar-refractivity contribution is -0.133. The zero-order valence-electron chi connectivity index (χ0n) is 13.8. The van der Waals surface area contributed by atoms with Crippen molar-refractivity contribution in [2.45, 2.75) is 32.3 Å². The van der Waals surface area contributed by atoms with E-state index in [4.69, 9.17) is 9.47 Å². The first-order valence-electron chi connectivity index (χ1n) is 8.19. The Morgan fingerprint density at radius 2 is 2.13 bits per heavy atom. The molecule has 3 heterocycles. The van der Waals surface area contributed by atoms with Crippen LogP contribution >= 0.6 is 0 Å². The molecule has 0 spiro atoms. The minimum Gasteiger partial charge on any atom is -0.481 e. The third-order valence-corrected chi connectivity index (χ3v) is 4.37. The number of anilines is 1. The van der Waals surface area contributed by atoms with Gasteiger partial charge >= 0.3 is 0 Å². The van der Waals surface area contributed by atoms with Gasteiger partial charge in [-0.15, -0.1) is 0 Å². The number of aromatic nitrogens is 2. The van der Waals surface area contributed by atoms with Gasteiger partial charge in [0.15, 0.2) is 0 Å². The van der Waals surface area contributed by atoms with Crippen LogP contribution in [-0.2, 0) is 9.53 Å². The molecule has 0 unspecified atom stereocenters. The highest BCUT2D eigenvalue weighted by Crippen LogP contribution is 2.19. The van der Waals surface area contributed by atoms with Gasteiger partial charge in [-0.2, -0.15) is 4.98 Å². The van der Waals surface area contributed by atoms with Crippen LogP contribution in [0.15, 0.2) is 6.07 Å². The molecule has 2 aliphatic rings. The summed E-state index contributed by atoms with van der Waals surface area (Å²) in [5.74, 6) is 1.44. The van der Waals surface area contributed by atoms with Crippen LogP contribution in [0, 0.1) is 6.92 Å². The molecule has 0 aliphatic carbocycles. The van der Waals surface area contributed by atoms with Crippen molar-refractivity contribution in [3.63, 3.8) is 0 Å². The van der Waals surface area contributed by atoms with Crippen LogP contribution in [0.2, 0.25) is 0 Å². The van der Waals surface area contributed by atoms with Crippen LogP contribution in [-0.4, -0.2) is 66.8 Å². The molecular weight excluding hydrogens is 296 g/mol. The number of rotatable bonds is 4.